The van der Waals surface area contributed by atoms with Crippen molar-refractivity contribution >= 4 is 15.9 Å². The second-order valence-electron chi connectivity index (χ2n) is 3.99. The Morgan fingerprint density at radius 3 is 2.47 bits per heavy atom. The molecule has 3 N–H and O–H groups in total. The molecule has 0 bridgehead atoms. The van der Waals surface area contributed by atoms with Gasteiger partial charge >= 0.3 is 0 Å². The minimum Gasteiger partial charge on any atom is -0.394 e. The normalized spacial score (nSPS) is 12.9. The number of aliphatic hydroxyl groups is 1. The van der Waals surface area contributed by atoms with Crippen LogP contribution in [0.2, 0.25) is 0 Å². The lowest BCUT2D eigenvalue weighted by Gasteiger charge is -2.14. The highest BCUT2D eigenvalue weighted by atomic mass is 32.2. The molecule has 0 aromatic heterocycles. The van der Waals surface area contributed by atoms with Crippen molar-refractivity contribution in [2.45, 2.75) is 24.3 Å². The van der Waals surface area contributed by atoms with E-state index in [4.69, 9.17) is 5.11 Å². The second-order valence-corrected chi connectivity index (χ2v) is 5.76. The van der Waals surface area contributed by atoms with Crippen molar-refractivity contribution in [2.75, 3.05) is 13.2 Å². The third kappa shape index (κ3) is 4.98. The van der Waals surface area contributed by atoms with Gasteiger partial charge in [-0.25, -0.2) is 13.1 Å². The Morgan fingerprint density at radius 1 is 1.32 bits per heavy atom. The molecule has 0 spiro atoms. The van der Waals surface area contributed by atoms with Gasteiger partial charge in [-0.15, -0.1) is 0 Å². The lowest BCUT2D eigenvalue weighted by atomic mass is 10.2. The predicted molar refractivity (Wildman–Crippen MR) is 70.9 cm³/mol. The van der Waals surface area contributed by atoms with Crippen LogP contribution in [0.3, 0.4) is 0 Å². The summed E-state index contributed by atoms with van der Waals surface area (Å²) in [5, 5.41) is 11.5. The molecule has 0 heterocycles. The standard InChI is InChI=1S/C12H18N2O4S/c1-2-10(9-15)14-12(16)8-13-19(17,18)11-6-4-3-5-7-11/h3-7,10,13,15H,2,8-9H2,1H3,(H,14,16). The molecule has 6 nitrogen and oxygen atoms in total. The highest BCUT2D eigenvalue weighted by Gasteiger charge is 2.16. The van der Waals surface area contributed by atoms with Gasteiger partial charge in [0.05, 0.1) is 24.1 Å². The SMILES string of the molecule is CCC(CO)NC(=O)CNS(=O)(=O)c1ccccc1. The number of hydrogen-bond donors (Lipinski definition) is 3. The lowest BCUT2D eigenvalue weighted by molar-refractivity contribution is -0.121. The van der Waals surface area contributed by atoms with E-state index in [0.29, 0.717) is 6.42 Å². The largest absolute Gasteiger partial charge is 0.394 e. The van der Waals surface area contributed by atoms with Gasteiger partial charge < -0.3 is 10.4 Å². The maximum Gasteiger partial charge on any atom is 0.241 e. The fourth-order valence-electron chi connectivity index (χ4n) is 1.40. The molecule has 106 valence electrons. The van der Waals surface area contributed by atoms with Gasteiger partial charge in [-0.3, -0.25) is 4.79 Å². The number of benzene rings is 1. The van der Waals surface area contributed by atoms with Crippen molar-refractivity contribution < 1.29 is 18.3 Å². The first-order chi connectivity index (χ1) is 8.99. The zero-order chi connectivity index (χ0) is 14.3. The summed E-state index contributed by atoms with van der Waals surface area (Å²) in [7, 11) is -3.68. The van der Waals surface area contributed by atoms with Crippen LogP contribution in [-0.2, 0) is 14.8 Å². The predicted octanol–water partition coefficient (Wildman–Crippen LogP) is -0.148. The third-order valence-electron chi connectivity index (χ3n) is 2.55. The maximum absolute atomic E-state index is 11.8. The Balaban J connectivity index is 2.55. The Kier molecular flexibility index (Phi) is 5.94. The van der Waals surface area contributed by atoms with E-state index in [-0.39, 0.29) is 24.1 Å². The van der Waals surface area contributed by atoms with Crippen LogP contribution in [0.5, 0.6) is 0 Å². The van der Waals surface area contributed by atoms with Crippen molar-refractivity contribution in [3.8, 4) is 0 Å². The maximum atomic E-state index is 11.8. The quantitative estimate of drug-likeness (QED) is 0.649. The molecule has 0 radical (unpaired) electrons. The fourth-order valence-corrected chi connectivity index (χ4v) is 2.40. The molecule has 1 aromatic carbocycles. The van der Waals surface area contributed by atoms with Crippen molar-refractivity contribution in [3.05, 3.63) is 30.3 Å². The van der Waals surface area contributed by atoms with Crippen LogP contribution in [0.15, 0.2) is 35.2 Å². The van der Waals surface area contributed by atoms with Gasteiger partial charge in [-0.2, -0.15) is 0 Å². The Labute approximate surface area is 112 Å². The van der Waals surface area contributed by atoms with Gasteiger partial charge in [-0.1, -0.05) is 25.1 Å². The molecule has 1 rings (SSSR count). The van der Waals surface area contributed by atoms with Crippen LogP contribution in [0.1, 0.15) is 13.3 Å². The molecule has 1 unspecified atom stereocenters. The summed E-state index contributed by atoms with van der Waals surface area (Å²) < 4.78 is 25.8. The molecule has 1 atom stereocenters. The zero-order valence-electron chi connectivity index (χ0n) is 10.7. The van der Waals surface area contributed by atoms with Crippen LogP contribution in [0.4, 0.5) is 0 Å². The molecular weight excluding hydrogens is 268 g/mol. The van der Waals surface area contributed by atoms with Crippen molar-refractivity contribution in [1.29, 1.82) is 0 Å². The van der Waals surface area contributed by atoms with E-state index < -0.39 is 15.9 Å². The number of amides is 1. The van der Waals surface area contributed by atoms with Gasteiger partial charge in [0.2, 0.25) is 15.9 Å². The van der Waals surface area contributed by atoms with Crippen LogP contribution in [-0.4, -0.2) is 38.6 Å². The molecule has 19 heavy (non-hydrogen) atoms. The molecular formula is C12H18N2O4S. The lowest BCUT2D eigenvalue weighted by Crippen LogP contribution is -2.43. The first-order valence-electron chi connectivity index (χ1n) is 5.94. The number of hydrogen-bond acceptors (Lipinski definition) is 4. The molecule has 7 heteroatoms. The molecule has 1 amide bonds. The number of carbonyl (C=O) groups is 1. The first-order valence-corrected chi connectivity index (χ1v) is 7.43. The molecule has 0 fully saturated rings. The Morgan fingerprint density at radius 2 is 1.95 bits per heavy atom. The molecule has 0 saturated heterocycles. The van der Waals surface area contributed by atoms with Gasteiger partial charge in [0, 0.05) is 0 Å². The summed E-state index contributed by atoms with van der Waals surface area (Å²) in [4.78, 5) is 11.6. The Bertz CT molecular complexity index is 498. The number of sulfonamides is 1. The summed E-state index contributed by atoms with van der Waals surface area (Å²) in [6.45, 7) is 1.29. The summed E-state index contributed by atoms with van der Waals surface area (Å²) in [6, 6.07) is 7.46. The number of carbonyl (C=O) groups excluding carboxylic acids is 1. The smallest absolute Gasteiger partial charge is 0.241 e. The van der Waals surface area contributed by atoms with E-state index in [1.54, 1.807) is 18.2 Å². The van der Waals surface area contributed by atoms with E-state index in [2.05, 4.69) is 10.0 Å². The number of nitrogens with one attached hydrogen (secondary N) is 2. The molecule has 0 aliphatic rings. The summed E-state index contributed by atoms with van der Waals surface area (Å²) >= 11 is 0. The second kappa shape index (κ2) is 7.22. The molecule has 1 aromatic rings. The summed E-state index contributed by atoms with van der Waals surface area (Å²) in [5.74, 6) is -0.472. The highest BCUT2D eigenvalue weighted by Crippen LogP contribution is 2.06. The van der Waals surface area contributed by atoms with Gasteiger partial charge in [-0.05, 0) is 18.6 Å². The van der Waals surface area contributed by atoms with Gasteiger partial charge in [0.1, 0.15) is 0 Å². The van der Waals surface area contributed by atoms with Crippen LogP contribution < -0.4 is 10.0 Å². The van der Waals surface area contributed by atoms with E-state index in [1.807, 2.05) is 6.92 Å². The molecule has 0 aliphatic heterocycles. The van der Waals surface area contributed by atoms with E-state index in [1.165, 1.54) is 12.1 Å². The van der Waals surface area contributed by atoms with Crippen LogP contribution in [0, 0.1) is 0 Å². The minimum absolute atomic E-state index is 0.108. The van der Waals surface area contributed by atoms with E-state index in [9.17, 15) is 13.2 Å². The monoisotopic (exact) mass is 286 g/mol. The topological polar surface area (TPSA) is 95.5 Å². The first kappa shape index (κ1) is 15.6. The number of aliphatic hydroxyl groups excluding tert-OH is 1. The van der Waals surface area contributed by atoms with Crippen LogP contribution >= 0.6 is 0 Å². The zero-order valence-corrected chi connectivity index (χ0v) is 11.5. The van der Waals surface area contributed by atoms with Crippen LogP contribution in [0.25, 0.3) is 0 Å². The average molecular weight is 286 g/mol. The van der Waals surface area contributed by atoms with Crippen molar-refractivity contribution in [3.63, 3.8) is 0 Å². The third-order valence-corrected chi connectivity index (χ3v) is 3.97. The van der Waals surface area contributed by atoms with E-state index in [0.717, 1.165) is 0 Å². The van der Waals surface area contributed by atoms with Gasteiger partial charge in [0.15, 0.2) is 0 Å². The minimum atomic E-state index is -3.68. The van der Waals surface area contributed by atoms with Crippen molar-refractivity contribution in [2.24, 2.45) is 0 Å². The van der Waals surface area contributed by atoms with E-state index >= 15 is 0 Å². The summed E-state index contributed by atoms with van der Waals surface area (Å²) in [5.41, 5.74) is 0. The average Bonchev–Trinajstić information content (AvgIpc) is 2.43. The Hall–Kier alpha value is -1.44. The summed E-state index contributed by atoms with van der Waals surface area (Å²) in [6.07, 6.45) is 0.577. The molecule has 0 saturated carbocycles. The molecule has 0 aliphatic carbocycles. The number of rotatable bonds is 7. The highest BCUT2D eigenvalue weighted by molar-refractivity contribution is 7.89. The fraction of sp³-hybridized carbons (Fsp3) is 0.417. The van der Waals surface area contributed by atoms with Crippen molar-refractivity contribution in [1.82, 2.24) is 10.0 Å². The van der Waals surface area contributed by atoms with Gasteiger partial charge in [0.25, 0.3) is 0 Å².